The van der Waals surface area contributed by atoms with Gasteiger partial charge in [-0.3, -0.25) is 9.59 Å². The van der Waals surface area contributed by atoms with Gasteiger partial charge in [-0.2, -0.15) is 0 Å². The zero-order chi connectivity index (χ0) is 18.8. The number of nitrogens with one attached hydrogen (secondary N) is 2. The monoisotopic (exact) mass is 356 g/mol. The molecule has 0 atom stereocenters. The largest absolute Gasteiger partial charge is 0.497 e. The van der Waals surface area contributed by atoms with Gasteiger partial charge >= 0.3 is 0 Å². The molecule has 0 unspecified atom stereocenters. The first-order valence-corrected chi connectivity index (χ1v) is 8.44. The molecule has 6 heteroatoms. The minimum atomic E-state index is -0.360. The van der Waals surface area contributed by atoms with E-state index in [1.54, 1.807) is 18.2 Å². The molecule has 0 bridgehead atoms. The second-order valence-electron chi connectivity index (χ2n) is 5.72. The topological polar surface area (TPSA) is 76.7 Å². The molecular formula is C20H24N2O4. The molecule has 0 saturated heterocycles. The van der Waals surface area contributed by atoms with Gasteiger partial charge < -0.3 is 20.1 Å². The van der Waals surface area contributed by atoms with E-state index in [0.29, 0.717) is 23.6 Å². The highest BCUT2D eigenvalue weighted by atomic mass is 16.5. The summed E-state index contributed by atoms with van der Waals surface area (Å²) in [7, 11) is 3.03. The lowest BCUT2D eigenvalue weighted by molar-refractivity contribution is -0.120. The van der Waals surface area contributed by atoms with Crippen molar-refractivity contribution in [1.82, 2.24) is 10.6 Å². The molecule has 0 aliphatic heterocycles. The Hall–Kier alpha value is -3.02. The molecule has 0 fully saturated rings. The van der Waals surface area contributed by atoms with Gasteiger partial charge in [-0.25, -0.2) is 0 Å². The lowest BCUT2D eigenvalue weighted by Gasteiger charge is -2.10. The summed E-state index contributed by atoms with van der Waals surface area (Å²) in [6.07, 6.45) is 1.74. The van der Waals surface area contributed by atoms with Crippen LogP contribution in [0.25, 0.3) is 0 Å². The van der Waals surface area contributed by atoms with Gasteiger partial charge in [-0.05, 0) is 30.5 Å². The lowest BCUT2D eigenvalue weighted by Crippen LogP contribution is -2.37. The number of ether oxygens (including phenoxy) is 2. The maximum Gasteiger partial charge on any atom is 0.251 e. The van der Waals surface area contributed by atoms with Crippen LogP contribution < -0.4 is 20.1 Å². The highest BCUT2D eigenvalue weighted by molar-refractivity contribution is 5.97. The highest BCUT2D eigenvalue weighted by Gasteiger charge is 2.11. The minimum absolute atomic E-state index is 0.0797. The fraction of sp³-hybridized carbons (Fsp3) is 0.300. The molecule has 0 radical (unpaired) electrons. The first-order valence-electron chi connectivity index (χ1n) is 8.44. The molecule has 2 amide bonds. The Labute approximate surface area is 153 Å². The Morgan fingerprint density at radius 1 is 0.923 bits per heavy atom. The minimum Gasteiger partial charge on any atom is -0.497 e. The number of rotatable bonds is 9. The number of methoxy groups -OCH3 is 2. The van der Waals surface area contributed by atoms with E-state index in [2.05, 4.69) is 22.8 Å². The van der Waals surface area contributed by atoms with Crippen molar-refractivity contribution in [2.75, 3.05) is 27.3 Å². The van der Waals surface area contributed by atoms with Crippen LogP contribution in [-0.4, -0.2) is 39.1 Å². The molecule has 0 aromatic heterocycles. The van der Waals surface area contributed by atoms with Crippen molar-refractivity contribution in [3.05, 3.63) is 59.7 Å². The van der Waals surface area contributed by atoms with Crippen LogP contribution in [0.3, 0.4) is 0 Å². The maximum absolute atomic E-state index is 12.2. The number of carbonyl (C=O) groups excluding carboxylic acids is 2. The van der Waals surface area contributed by atoms with E-state index in [4.69, 9.17) is 9.47 Å². The van der Waals surface area contributed by atoms with Crippen LogP contribution in [0.1, 0.15) is 22.3 Å². The zero-order valence-electron chi connectivity index (χ0n) is 15.1. The van der Waals surface area contributed by atoms with Crippen molar-refractivity contribution < 1.29 is 19.1 Å². The zero-order valence-corrected chi connectivity index (χ0v) is 15.1. The smallest absolute Gasteiger partial charge is 0.251 e. The summed E-state index contributed by atoms with van der Waals surface area (Å²) in [4.78, 5) is 24.1. The molecule has 138 valence electrons. The van der Waals surface area contributed by atoms with Crippen LogP contribution in [0, 0.1) is 0 Å². The molecule has 2 rings (SSSR count). The van der Waals surface area contributed by atoms with Crippen LogP contribution in [0.5, 0.6) is 11.5 Å². The number of hydrogen-bond acceptors (Lipinski definition) is 4. The van der Waals surface area contributed by atoms with Gasteiger partial charge in [0.05, 0.1) is 20.8 Å². The van der Waals surface area contributed by atoms with Crippen molar-refractivity contribution in [3.63, 3.8) is 0 Å². The number of hydrogen-bond donors (Lipinski definition) is 2. The summed E-state index contributed by atoms with van der Waals surface area (Å²) < 4.78 is 10.3. The van der Waals surface area contributed by atoms with Gasteiger partial charge in [0.2, 0.25) is 5.91 Å². The quantitative estimate of drug-likeness (QED) is 0.675. The number of benzene rings is 2. The number of amides is 2. The molecule has 0 saturated carbocycles. The third-order valence-corrected chi connectivity index (χ3v) is 3.83. The van der Waals surface area contributed by atoms with Crippen LogP contribution in [0.4, 0.5) is 0 Å². The third-order valence-electron chi connectivity index (χ3n) is 3.83. The number of carbonyl (C=O) groups is 2. The Morgan fingerprint density at radius 3 is 2.19 bits per heavy atom. The van der Waals surface area contributed by atoms with E-state index in [1.165, 1.54) is 19.8 Å². The van der Waals surface area contributed by atoms with Gasteiger partial charge in [-0.15, -0.1) is 0 Å². The van der Waals surface area contributed by atoms with Crippen molar-refractivity contribution >= 4 is 11.8 Å². The molecule has 2 aromatic carbocycles. The van der Waals surface area contributed by atoms with E-state index in [9.17, 15) is 9.59 Å². The normalized spacial score (nSPS) is 10.1. The standard InChI is InChI=1S/C20H24N2O4/c1-25-17-11-16(12-18(13-17)26-2)20(24)22-14-19(23)21-10-6-9-15-7-4-3-5-8-15/h3-5,7-8,11-13H,6,9-10,14H2,1-2H3,(H,21,23)(H,22,24). The van der Waals surface area contributed by atoms with Crippen LogP contribution in [0.15, 0.2) is 48.5 Å². The predicted molar refractivity (Wildman–Crippen MR) is 99.7 cm³/mol. The predicted octanol–water partition coefficient (Wildman–Crippen LogP) is 2.18. The number of aryl methyl sites for hydroxylation is 1. The van der Waals surface area contributed by atoms with Crippen LogP contribution in [0.2, 0.25) is 0 Å². The maximum atomic E-state index is 12.2. The molecule has 2 N–H and O–H groups in total. The van der Waals surface area contributed by atoms with E-state index in [1.807, 2.05) is 18.2 Å². The highest BCUT2D eigenvalue weighted by Crippen LogP contribution is 2.22. The molecule has 0 aliphatic rings. The third kappa shape index (κ3) is 6.12. The summed E-state index contributed by atoms with van der Waals surface area (Å²) in [6.45, 7) is 0.486. The summed E-state index contributed by atoms with van der Waals surface area (Å²) in [5.41, 5.74) is 1.61. The summed E-state index contributed by atoms with van der Waals surface area (Å²) in [5, 5.41) is 5.40. The van der Waals surface area contributed by atoms with E-state index in [-0.39, 0.29) is 18.4 Å². The van der Waals surface area contributed by atoms with Gasteiger partial charge in [0.15, 0.2) is 0 Å². The molecule has 0 aliphatic carbocycles. The van der Waals surface area contributed by atoms with Gasteiger partial charge in [0.25, 0.3) is 5.91 Å². The Morgan fingerprint density at radius 2 is 1.58 bits per heavy atom. The van der Waals surface area contributed by atoms with Crippen molar-refractivity contribution in [2.45, 2.75) is 12.8 Å². The fourth-order valence-electron chi connectivity index (χ4n) is 2.43. The molecule has 26 heavy (non-hydrogen) atoms. The van der Waals surface area contributed by atoms with Crippen molar-refractivity contribution in [3.8, 4) is 11.5 Å². The Kier molecular flexibility index (Phi) is 7.49. The SMILES string of the molecule is COc1cc(OC)cc(C(=O)NCC(=O)NCCCc2ccccc2)c1. The first-order chi connectivity index (χ1) is 12.6. The summed E-state index contributed by atoms with van der Waals surface area (Å²) >= 11 is 0. The van der Waals surface area contributed by atoms with Crippen LogP contribution in [-0.2, 0) is 11.2 Å². The Balaban J connectivity index is 1.73. The Bertz CT molecular complexity index is 710. The van der Waals surface area contributed by atoms with Gasteiger partial charge in [-0.1, -0.05) is 30.3 Å². The van der Waals surface area contributed by atoms with E-state index >= 15 is 0 Å². The van der Waals surface area contributed by atoms with Gasteiger partial charge in [0, 0.05) is 18.2 Å². The molecule has 6 nitrogen and oxygen atoms in total. The van der Waals surface area contributed by atoms with Crippen LogP contribution >= 0.6 is 0 Å². The average Bonchev–Trinajstić information content (AvgIpc) is 2.69. The molecular weight excluding hydrogens is 332 g/mol. The van der Waals surface area contributed by atoms with E-state index in [0.717, 1.165) is 12.8 Å². The van der Waals surface area contributed by atoms with Gasteiger partial charge in [0.1, 0.15) is 11.5 Å². The second-order valence-corrected chi connectivity index (χ2v) is 5.72. The molecule has 0 spiro atoms. The molecule has 0 heterocycles. The van der Waals surface area contributed by atoms with Crippen molar-refractivity contribution in [2.24, 2.45) is 0 Å². The van der Waals surface area contributed by atoms with E-state index < -0.39 is 0 Å². The summed E-state index contributed by atoms with van der Waals surface area (Å²) in [5.74, 6) is 0.447. The molecule has 2 aromatic rings. The fourth-order valence-corrected chi connectivity index (χ4v) is 2.43. The first kappa shape index (κ1) is 19.3. The van der Waals surface area contributed by atoms with Crippen molar-refractivity contribution in [1.29, 1.82) is 0 Å². The second kappa shape index (κ2) is 10.1. The summed E-state index contributed by atoms with van der Waals surface area (Å²) in [6, 6.07) is 15.0. The lowest BCUT2D eigenvalue weighted by atomic mass is 10.1. The average molecular weight is 356 g/mol.